The van der Waals surface area contributed by atoms with Gasteiger partial charge in [-0.1, -0.05) is 6.92 Å². The minimum atomic E-state index is 0.994. The minimum absolute atomic E-state index is 0.994. The quantitative estimate of drug-likeness (QED) is 0.595. The van der Waals surface area contributed by atoms with E-state index in [-0.39, 0.29) is 0 Å². The van der Waals surface area contributed by atoms with Crippen LogP contribution >= 0.6 is 0 Å². The summed E-state index contributed by atoms with van der Waals surface area (Å²) in [6.07, 6.45) is 2.91. The lowest BCUT2D eigenvalue weighted by Gasteiger charge is -2.00. The van der Waals surface area contributed by atoms with Crippen molar-refractivity contribution in [2.24, 2.45) is 4.99 Å². The molecular formula is C8H16N2. The van der Waals surface area contributed by atoms with Crippen LogP contribution in [0.2, 0.25) is 0 Å². The highest BCUT2D eigenvalue weighted by Gasteiger charge is 1.87. The Morgan fingerprint density at radius 3 is 2.50 bits per heavy atom. The highest BCUT2D eigenvalue weighted by atomic mass is 14.9. The lowest BCUT2D eigenvalue weighted by atomic mass is 10.4. The first-order chi connectivity index (χ1) is 4.72. The summed E-state index contributed by atoms with van der Waals surface area (Å²) >= 11 is 0. The first-order valence-corrected chi connectivity index (χ1v) is 3.60. The van der Waals surface area contributed by atoms with E-state index in [0.717, 1.165) is 17.8 Å². The number of hydrogen-bond donors (Lipinski definition) is 1. The van der Waals surface area contributed by atoms with Gasteiger partial charge in [0.1, 0.15) is 0 Å². The molecule has 0 aliphatic carbocycles. The van der Waals surface area contributed by atoms with Crippen LogP contribution in [0.15, 0.2) is 16.4 Å². The van der Waals surface area contributed by atoms with Crippen molar-refractivity contribution in [3.8, 4) is 0 Å². The number of nitrogens with one attached hydrogen (secondary N) is 1. The normalized spacial score (nSPS) is 13.6. The van der Waals surface area contributed by atoms with Crippen LogP contribution < -0.4 is 5.32 Å². The predicted octanol–water partition coefficient (Wildman–Crippen LogP) is 1.94. The van der Waals surface area contributed by atoms with Crippen molar-refractivity contribution in [1.29, 1.82) is 0 Å². The fourth-order valence-electron chi connectivity index (χ4n) is 0.506. The van der Waals surface area contributed by atoms with Crippen LogP contribution in [0, 0.1) is 0 Å². The second kappa shape index (κ2) is 5.03. The second-order valence-corrected chi connectivity index (χ2v) is 2.18. The van der Waals surface area contributed by atoms with Crippen molar-refractivity contribution in [2.45, 2.75) is 27.2 Å². The Labute approximate surface area is 63.0 Å². The maximum Gasteiger partial charge on any atom is 0.0554 e. The Hall–Kier alpha value is -0.790. The molecular weight excluding hydrogens is 124 g/mol. The molecule has 0 heterocycles. The van der Waals surface area contributed by atoms with Gasteiger partial charge in [-0.15, -0.1) is 0 Å². The molecule has 58 valence electrons. The second-order valence-electron chi connectivity index (χ2n) is 2.18. The molecule has 0 spiro atoms. The van der Waals surface area contributed by atoms with Crippen molar-refractivity contribution in [3.63, 3.8) is 0 Å². The summed E-state index contributed by atoms with van der Waals surface area (Å²) in [5.74, 6) is 0. The zero-order chi connectivity index (χ0) is 7.98. The standard InChI is InChI=1S/C8H16N2/c1-5-6-10-8(3)7(2)9-4/h6,9H,5H2,1-4H3/b8-7-,10-6+. The summed E-state index contributed by atoms with van der Waals surface area (Å²) in [7, 11) is 1.90. The van der Waals surface area contributed by atoms with Gasteiger partial charge in [0.15, 0.2) is 0 Å². The van der Waals surface area contributed by atoms with Gasteiger partial charge in [0.2, 0.25) is 0 Å². The predicted molar refractivity (Wildman–Crippen MR) is 46.2 cm³/mol. The van der Waals surface area contributed by atoms with Crippen LogP contribution in [-0.2, 0) is 0 Å². The van der Waals surface area contributed by atoms with Crippen LogP contribution in [0.25, 0.3) is 0 Å². The molecule has 0 aromatic carbocycles. The van der Waals surface area contributed by atoms with E-state index in [1.807, 2.05) is 27.1 Å². The molecule has 2 nitrogen and oxygen atoms in total. The van der Waals surface area contributed by atoms with E-state index in [9.17, 15) is 0 Å². The Balaban J connectivity index is 4.04. The molecule has 0 aliphatic rings. The molecule has 1 N–H and O–H groups in total. The summed E-state index contributed by atoms with van der Waals surface area (Å²) in [5, 5.41) is 3.04. The van der Waals surface area contributed by atoms with Crippen molar-refractivity contribution in [1.82, 2.24) is 5.32 Å². The summed E-state index contributed by atoms with van der Waals surface area (Å²) in [6.45, 7) is 6.09. The molecule has 0 saturated carbocycles. The van der Waals surface area contributed by atoms with E-state index >= 15 is 0 Å². The number of rotatable bonds is 3. The van der Waals surface area contributed by atoms with E-state index < -0.39 is 0 Å². The molecule has 0 atom stereocenters. The molecule has 0 fully saturated rings. The summed E-state index contributed by atoms with van der Waals surface area (Å²) in [5.41, 5.74) is 2.19. The number of aliphatic imine (C=N–C) groups is 1. The largest absolute Gasteiger partial charge is 0.390 e. The van der Waals surface area contributed by atoms with Gasteiger partial charge in [0.05, 0.1) is 5.70 Å². The Morgan fingerprint density at radius 2 is 2.10 bits per heavy atom. The Morgan fingerprint density at radius 1 is 1.50 bits per heavy atom. The molecule has 0 bridgehead atoms. The average molecular weight is 140 g/mol. The third-order valence-corrected chi connectivity index (χ3v) is 1.39. The maximum atomic E-state index is 4.21. The molecule has 0 aromatic heterocycles. The van der Waals surface area contributed by atoms with Gasteiger partial charge in [0, 0.05) is 19.0 Å². The highest BCUT2D eigenvalue weighted by molar-refractivity contribution is 5.58. The molecule has 0 aliphatic heterocycles. The van der Waals surface area contributed by atoms with E-state index in [0.29, 0.717) is 0 Å². The lowest BCUT2D eigenvalue weighted by Crippen LogP contribution is -2.03. The number of allylic oxidation sites excluding steroid dienone is 2. The summed E-state index contributed by atoms with van der Waals surface area (Å²) < 4.78 is 0. The zero-order valence-electron chi connectivity index (χ0n) is 7.23. The third kappa shape index (κ3) is 3.28. The first kappa shape index (κ1) is 9.21. The molecule has 0 aromatic rings. The van der Waals surface area contributed by atoms with E-state index in [1.165, 1.54) is 0 Å². The monoisotopic (exact) mass is 140 g/mol. The zero-order valence-corrected chi connectivity index (χ0v) is 7.23. The molecule has 0 saturated heterocycles. The fraction of sp³-hybridized carbons (Fsp3) is 0.625. The molecule has 0 unspecified atom stereocenters. The van der Waals surface area contributed by atoms with Gasteiger partial charge in [-0.2, -0.15) is 0 Å². The molecule has 0 radical (unpaired) electrons. The smallest absolute Gasteiger partial charge is 0.0554 e. The van der Waals surface area contributed by atoms with Gasteiger partial charge >= 0.3 is 0 Å². The highest BCUT2D eigenvalue weighted by Crippen LogP contribution is 1.99. The van der Waals surface area contributed by atoms with Gasteiger partial charge in [-0.25, -0.2) is 0 Å². The Bertz CT molecular complexity index is 145. The molecule has 0 amide bonds. The van der Waals surface area contributed by atoms with Crippen molar-refractivity contribution in [3.05, 3.63) is 11.4 Å². The summed E-state index contributed by atoms with van der Waals surface area (Å²) in [6, 6.07) is 0. The van der Waals surface area contributed by atoms with Crippen LogP contribution in [0.5, 0.6) is 0 Å². The van der Waals surface area contributed by atoms with Crippen LogP contribution in [0.1, 0.15) is 27.2 Å². The van der Waals surface area contributed by atoms with Gasteiger partial charge in [0.25, 0.3) is 0 Å². The van der Waals surface area contributed by atoms with E-state index in [2.05, 4.69) is 17.2 Å². The van der Waals surface area contributed by atoms with Gasteiger partial charge in [-0.05, 0) is 20.3 Å². The Kier molecular flexibility index (Phi) is 4.63. The van der Waals surface area contributed by atoms with E-state index in [1.54, 1.807) is 0 Å². The van der Waals surface area contributed by atoms with Gasteiger partial charge < -0.3 is 5.32 Å². The van der Waals surface area contributed by atoms with Crippen molar-refractivity contribution < 1.29 is 0 Å². The van der Waals surface area contributed by atoms with Crippen molar-refractivity contribution in [2.75, 3.05) is 7.05 Å². The SMILES string of the molecule is CC/C=N/C(C)=C(/C)NC. The minimum Gasteiger partial charge on any atom is -0.390 e. The molecule has 10 heavy (non-hydrogen) atoms. The average Bonchev–Trinajstić information content (AvgIpc) is 1.98. The van der Waals surface area contributed by atoms with Gasteiger partial charge in [-0.3, -0.25) is 4.99 Å². The van der Waals surface area contributed by atoms with Crippen LogP contribution in [0.3, 0.4) is 0 Å². The summed E-state index contributed by atoms with van der Waals surface area (Å²) in [4.78, 5) is 4.21. The first-order valence-electron chi connectivity index (χ1n) is 3.60. The maximum absolute atomic E-state index is 4.21. The number of hydrogen-bond acceptors (Lipinski definition) is 2. The molecule has 2 heteroatoms. The van der Waals surface area contributed by atoms with Crippen molar-refractivity contribution >= 4 is 6.21 Å². The fourth-order valence-corrected chi connectivity index (χ4v) is 0.506. The van der Waals surface area contributed by atoms with Crippen LogP contribution in [-0.4, -0.2) is 13.3 Å². The van der Waals surface area contributed by atoms with Crippen LogP contribution in [0.4, 0.5) is 0 Å². The lowest BCUT2D eigenvalue weighted by molar-refractivity contribution is 0.949. The number of nitrogens with zero attached hydrogens (tertiary/aromatic N) is 1. The molecule has 0 rings (SSSR count). The third-order valence-electron chi connectivity index (χ3n) is 1.39. The van der Waals surface area contributed by atoms with E-state index in [4.69, 9.17) is 0 Å². The topological polar surface area (TPSA) is 24.4 Å².